The van der Waals surface area contributed by atoms with Crippen LogP contribution in [-0.2, 0) is 32.7 Å². The van der Waals surface area contributed by atoms with E-state index in [9.17, 15) is 0 Å². The largest absolute Gasteiger partial charge is 0.699 e. The van der Waals surface area contributed by atoms with Crippen molar-refractivity contribution in [2.75, 3.05) is 20.8 Å². The molecule has 0 aliphatic rings. The Bertz CT molecular complexity index is 698. The Balaban J connectivity index is 0.000000542. The zero-order valence-electron chi connectivity index (χ0n) is 18.1. The zero-order chi connectivity index (χ0) is 20.9. The normalized spacial score (nSPS) is 11.0. The van der Waals surface area contributed by atoms with Gasteiger partial charge in [-0.25, -0.2) is 0 Å². The van der Waals surface area contributed by atoms with E-state index in [1.165, 1.54) is 0 Å². The number of hydrogen-bond donors (Lipinski definition) is 2. The van der Waals surface area contributed by atoms with E-state index in [4.69, 9.17) is 25.2 Å². The van der Waals surface area contributed by atoms with Gasteiger partial charge in [-0.1, -0.05) is 38.1 Å². The van der Waals surface area contributed by atoms with Crippen LogP contribution >= 0.6 is 0 Å². The van der Waals surface area contributed by atoms with Crippen molar-refractivity contribution in [1.29, 1.82) is 0 Å². The maximum atomic E-state index is 8.70. The smallest absolute Gasteiger partial charge is 0.160 e. The average molecular weight is 478 g/mol. The van der Waals surface area contributed by atoms with Gasteiger partial charge in [-0.15, -0.1) is 5.69 Å². The molecule has 0 saturated heterocycles. The molecule has 2 rings (SSSR count). The average Bonchev–Trinajstić information content (AvgIpc) is 2.71. The summed E-state index contributed by atoms with van der Waals surface area (Å²) in [4.78, 5) is 0. The van der Waals surface area contributed by atoms with Crippen LogP contribution in [0.1, 0.15) is 45.2 Å². The van der Waals surface area contributed by atoms with Crippen molar-refractivity contribution in [3.05, 3.63) is 53.8 Å². The van der Waals surface area contributed by atoms with Gasteiger partial charge in [0.1, 0.15) is 5.75 Å². The number of rotatable bonds is 9. The first kappa shape index (κ1) is 27.7. The Labute approximate surface area is 200 Å². The molecule has 0 fully saturated rings. The molecule has 2 aromatic carbocycles. The van der Waals surface area contributed by atoms with Crippen LogP contribution in [0.5, 0.6) is 17.2 Å². The number of hydroxylamine groups is 1. The molecule has 0 aliphatic heterocycles. The molecule has 0 saturated carbocycles. The van der Waals surface area contributed by atoms with Gasteiger partial charge in [-0.2, -0.15) is 5.48 Å². The first-order chi connectivity index (χ1) is 13.4. The Morgan fingerprint density at radius 3 is 2.21 bits per heavy atom. The van der Waals surface area contributed by atoms with Crippen molar-refractivity contribution in [3.8, 4) is 17.2 Å². The Hall–Kier alpha value is -1.34. The predicted molar refractivity (Wildman–Crippen MR) is 113 cm³/mol. The molecule has 159 valence electrons. The third-order valence-electron chi connectivity index (χ3n) is 4.15. The van der Waals surface area contributed by atoms with E-state index in [-0.39, 0.29) is 38.8 Å². The first-order valence-corrected chi connectivity index (χ1v) is 9.47. The van der Waals surface area contributed by atoms with Gasteiger partial charge >= 0.3 is 0 Å². The molecule has 0 aliphatic carbocycles. The second-order valence-electron chi connectivity index (χ2n) is 6.84. The number of benzene rings is 2. The third-order valence-corrected chi connectivity index (χ3v) is 4.15. The van der Waals surface area contributed by atoms with E-state index in [0.29, 0.717) is 29.7 Å². The minimum atomic E-state index is -0.110. The monoisotopic (exact) mass is 478 g/mol. The second-order valence-corrected chi connectivity index (χ2v) is 6.84. The summed E-state index contributed by atoms with van der Waals surface area (Å²) in [6.07, 6.45) is 2.19. The second kappa shape index (κ2) is 15.5. The maximum absolute atomic E-state index is 8.70. The van der Waals surface area contributed by atoms with Crippen LogP contribution in [-0.4, -0.2) is 26.0 Å². The van der Waals surface area contributed by atoms with Crippen LogP contribution in [0.2, 0.25) is 0 Å². The fourth-order valence-corrected chi connectivity index (χ4v) is 2.56. The minimum absolute atomic E-state index is 0. The van der Waals surface area contributed by atoms with Crippen LogP contribution in [0.15, 0.2) is 42.5 Å². The van der Waals surface area contributed by atoms with E-state index in [0.717, 1.165) is 24.2 Å². The molecule has 1 atom stereocenters. The standard InChI is InChI=1S/C13H20NO2.C9H13NO2.Y/c1-10(2)5-4-8-16-13-9-11(14)6-7-12(13)15-3;1-7(10-11)8-5-3-4-6-9(8)12-2;/h6-7,9-10,14H,4-5,8H2,1-3H3;3-7,10-11H,1-2H3;/q-1;;. The molecule has 6 nitrogen and oxygen atoms in total. The van der Waals surface area contributed by atoms with Crippen LogP contribution in [0.25, 0.3) is 5.73 Å². The van der Waals surface area contributed by atoms with Gasteiger partial charge in [0.2, 0.25) is 0 Å². The topological polar surface area (TPSA) is 83.8 Å². The molecule has 0 aromatic heterocycles. The molecule has 1 unspecified atom stereocenters. The molecule has 0 bridgehead atoms. The number of nitrogens with one attached hydrogen (secondary N) is 2. The van der Waals surface area contributed by atoms with Gasteiger partial charge in [0, 0.05) is 38.3 Å². The van der Waals surface area contributed by atoms with Crippen LogP contribution < -0.4 is 19.7 Å². The van der Waals surface area contributed by atoms with Crippen molar-refractivity contribution in [1.82, 2.24) is 5.48 Å². The number of ether oxygens (including phenoxy) is 3. The summed E-state index contributed by atoms with van der Waals surface area (Å²) in [6, 6.07) is 12.6. The molecular formula is C22H33N2O4Y-. The quantitative estimate of drug-likeness (QED) is 0.345. The van der Waals surface area contributed by atoms with E-state index in [1.54, 1.807) is 32.4 Å². The van der Waals surface area contributed by atoms with Crippen molar-refractivity contribution in [3.63, 3.8) is 0 Å². The molecule has 0 amide bonds. The van der Waals surface area contributed by atoms with Crippen molar-refractivity contribution in [2.24, 2.45) is 5.92 Å². The fraction of sp³-hybridized carbons (Fsp3) is 0.455. The maximum Gasteiger partial charge on any atom is 0.160 e. The molecule has 7 heteroatoms. The summed E-state index contributed by atoms with van der Waals surface area (Å²) >= 11 is 0. The molecule has 0 heterocycles. The Kier molecular flexibility index (Phi) is 14.8. The summed E-state index contributed by atoms with van der Waals surface area (Å²) in [5, 5.41) is 8.70. The van der Waals surface area contributed by atoms with E-state index >= 15 is 0 Å². The third kappa shape index (κ3) is 10.3. The molecule has 29 heavy (non-hydrogen) atoms. The van der Waals surface area contributed by atoms with Crippen LogP contribution in [0.3, 0.4) is 0 Å². The predicted octanol–water partition coefficient (Wildman–Crippen LogP) is 5.93. The van der Waals surface area contributed by atoms with Gasteiger partial charge < -0.3 is 25.2 Å². The minimum Gasteiger partial charge on any atom is -0.699 e. The summed E-state index contributed by atoms with van der Waals surface area (Å²) in [6.45, 7) is 6.94. The van der Waals surface area contributed by atoms with E-state index < -0.39 is 0 Å². The number of para-hydroxylation sites is 1. The Morgan fingerprint density at radius 1 is 0.966 bits per heavy atom. The summed E-state index contributed by atoms with van der Waals surface area (Å²) in [5.41, 5.74) is 11.1. The van der Waals surface area contributed by atoms with Gasteiger partial charge in [0.25, 0.3) is 0 Å². The van der Waals surface area contributed by atoms with Gasteiger partial charge in [0.05, 0.1) is 26.9 Å². The van der Waals surface area contributed by atoms with Crippen molar-refractivity contribution in [2.45, 2.75) is 39.7 Å². The SMILES string of the molecule is COc1ccc([NH-])cc1OCCCC(C)C.COc1ccccc1C(C)NO.[Y]. The van der Waals surface area contributed by atoms with Crippen molar-refractivity contribution >= 4 is 5.69 Å². The summed E-state index contributed by atoms with van der Waals surface area (Å²) < 4.78 is 15.9. The number of hydrogen-bond acceptors (Lipinski definition) is 5. The zero-order valence-corrected chi connectivity index (χ0v) is 20.9. The molecule has 2 aromatic rings. The molecule has 3 N–H and O–H groups in total. The first-order valence-electron chi connectivity index (χ1n) is 9.47. The van der Waals surface area contributed by atoms with Crippen molar-refractivity contribution < 1.29 is 52.1 Å². The molecular weight excluding hydrogens is 445 g/mol. The fourth-order valence-electron chi connectivity index (χ4n) is 2.56. The Morgan fingerprint density at radius 2 is 1.62 bits per heavy atom. The molecule has 1 radical (unpaired) electrons. The molecule has 0 spiro atoms. The summed E-state index contributed by atoms with van der Waals surface area (Å²) in [5.74, 6) is 2.85. The van der Waals surface area contributed by atoms with Crippen LogP contribution in [0, 0.1) is 5.92 Å². The van der Waals surface area contributed by atoms with Crippen LogP contribution in [0.4, 0.5) is 5.69 Å². The van der Waals surface area contributed by atoms with E-state index in [1.807, 2.05) is 31.2 Å². The van der Waals surface area contributed by atoms with E-state index in [2.05, 4.69) is 19.3 Å². The number of methoxy groups -OCH3 is 2. The van der Waals surface area contributed by atoms with Gasteiger partial charge in [-0.05, 0) is 43.9 Å². The van der Waals surface area contributed by atoms with Gasteiger partial charge in [0.15, 0.2) is 11.5 Å². The van der Waals surface area contributed by atoms with Gasteiger partial charge in [-0.3, -0.25) is 0 Å². The summed E-state index contributed by atoms with van der Waals surface area (Å²) in [7, 11) is 3.23.